The lowest BCUT2D eigenvalue weighted by Gasteiger charge is -2.15. The lowest BCUT2D eigenvalue weighted by Crippen LogP contribution is -2.33. The van der Waals surface area contributed by atoms with Gasteiger partial charge < -0.3 is 15.4 Å². The predicted octanol–water partition coefficient (Wildman–Crippen LogP) is 2.38. The van der Waals surface area contributed by atoms with Gasteiger partial charge in [-0.15, -0.1) is 0 Å². The molecule has 0 aliphatic carbocycles. The predicted molar refractivity (Wildman–Crippen MR) is 64.2 cm³/mol. The third kappa shape index (κ3) is 3.89. The van der Waals surface area contributed by atoms with Crippen LogP contribution in [0.4, 0.5) is 4.79 Å². The molecule has 6 heteroatoms. The van der Waals surface area contributed by atoms with Crippen LogP contribution < -0.4 is 10.5 Å². The van der Waals surface area contributed by atoms with Gasteiger partial charge in [0.15, 0.2) is 0 Å². The summed E-state index contributed by atoms with van der Waals surface area (Å²) >= 11 is 11.5. The number of rotatable bonds is 3. The maximum atomic E-state index is 11.5. The zero-order valence-electron chi connectivity index (χ0n) is 8.74. The summed E-state index contributed by atoms with van der Waals surface area (Å²) in [6, 6.07) is 4.59. The van der Waals surface area contributed by atoms with Gasteiger partial charge in [0.2, 0.25) is 0 Å². The molecule has 0 aromatic heterocycles. The van der Waals surface area contributed by atoms with Crippen molar-refractivity contribution in [3.05, 3.63) is 28.2 Å². The monoisotopic (exact) mass is 262 g/mol. The first kappa shape index (κ1) is 13.1. The minimum Gasteiger partial charge on any atom is -0.410 e. The van der Waals surface area contributed by atoms with Crippen molar-refractivity contribution in [2.75, 3.05) is 20.1 Å². The minimum atomic E-state index is -0.496. The quantitative estimate of drug-likeness (QED) is 0.910. The van der Waals surface area contributed by atoms with Crippen molar-refractivity contribution in [3.63, 3.8) is 0 Å². The summed E-state index contributed by atoms with van der Waals surface area (Å²) in [5.74, 6) is 0.311. The lowest BCUT2D eigenvalue weighted by molar-refractivity contribution is 0.164. The van der Waals surface area contributed by atoms with E-state index in [1.807, 2.05) is 0 Å². The van der Waals surface area contributed by atoms with Gasteiger partial charge in [0.25, 0.3) is 0 Å². The molecule has 0 unspecified atom stereocenters. The molecule has 1 aromatic rings. The average Bonchev–Trinajstić information content (AvgIpc) is 2.16. The molecule has 1 rings (SSSR count). The van der Waals surface area contributed by atoms with E-state index in [2.05, 4.69) is 0 Å². The summed E-state index contributed by atoms with van der Waals surface area (Å²) < 4.78 is 5.05. The van der Waals surface area contributed by atoms with Crippen molar-refractivity contribution in [2.45, 2.75) is 0 Å². The first-order valence-electron chi connectivity index (χ1n) is 4.62. The van der Waals surface area contributed by atoms with E-state index in [-0.39, 0.29) is 0 Å². The highest BCUT2D eigenvalue weighted by Crippen LogP contribution is 2.24. The Hall–Kier alpha value is -0.970. The molecule has 0 fully saturated rings. The van der Waals surface area contributed by atoms with Crippen LogP contribution >= 0.6 is 23.2 Å². The van der Waals surface area contributed by atoms with Crippen LogP contribution in [0.3, 0.4) is 0 Å². The number of nitrogens with zero attached hydrogens (tertiary/aromatic N) is 1. The number of hydrogen-bond acceptors (Lipinski definition) is 3. The molecular weight excluding hydrogens is 251 g/mol. The van der Waals surface area contributed by atoms with Gasteiger partial charge in [0, 0.05) is 30.2 Å². The summed E-state index contributed by atoms with van der Waals surface area (Å²) in [4.78, 5) is 12.9. The second kappa shape index (κ2) is 5.94. The lowest BCUT2D eigenvalue weighted by atomic mass is 10.3. The molecule has 1 amide bonds. The van der Waals surface area contributed by atoms with Gasteiger partial charge in [0.05, 0.1) is 0 Å². The van der Waals surface area contributed by atoms with Gasteiger partial charge in [-0.25, -0.2) is 4.79 Å². The number of hydrogen-bond donors (Lipinski definition) is 1. The molecule has 0 saturated heterocycles. The van der Waals surface area contributed by atoms with Crippen molar-refractivity contribution in [1.82, 2.24) is 4.90 Å². The smallest absolute Gasteiger partial charge is 0.410 e. The minimum absolute atomic E-state index is 0.311. The number of nitrogens with two attached hydrogens (primary N) is 1. The standard InChI is InChI=1S/C10H12Cl2N2O2/c1-14(3-2-13)10(15)16-9-5-7(11)4-8(12)6-9/h4-6H,2-3,13H2,1H3. The third-order valence-corrected chi connectivity index (χ3v) is 2.25. The van der Waals surface area contributed by atoms with Crippen LogP contribution in [0.15, 0.2) is 18.2 Å². The zero-order chi connectivity index (χ0) is 12.1. The van der Waals surface area contributed by atoms with Gasteiger partial charge in [-0.2, -0.15) is 0 Å². The number of benzene rings is 1. The Bertz CT molecular complexity index is 365. The Kier molecular flexibility index (Phi) is 4.86. The molecule has 0 heterocycles. The van der Waals surface area contributed by atoms with Crippen molar-refractivity contribution >= 4 is 29.3 Å². The van der Waals surface area contributed by atoms with E-state index in [9.17, 15) is 4.79 Å². The van der Waals surface area contributed by atoms with Crippen LogP contribution in [0.25, 0.3) is 0 Å². The number of ether oxygens (including phenoxy) is 1. The summed E-state index contributed by atoms with van der Waals surface area (Å²) in [7, 11) is 1.60. The van der Waals surface area contributed by atoms with E-state index >= 15 is 0 Å². The number of carbonyl (C=O) groups excluding carboxylic acids is 1. The third-order valence-electron chi connectivity index (χ3n) is 1.82. The first-order valence-corrected chi connectivity index (χ1v) is 5.37. The zero-order valence-corrected chi connectivity index (χ0v) is 10.3. The molecule has 0 saturated carbocycles. The number of amides is 1. The SMILES string of the molecule is CN(CCN)C(=O)Oc1cc(Cl)cc(Cl)c1. The molecule has 0 radical (unpaired) electrons. The van der Waals surface area contributed by atoms with E-state index in [4.69, 9.17) is 33.7 Å². The molecule has 88 valence electrons. The highest BCUT2D eigenvalue weighted by atomic mass is 35.5. The van der Waals surface area contributed by atoms with Gasteiger partial charge in [-0.3, -0.25) is 0 Å². The van der Waals surface area contributed by atoms with Crippen LogP contribution in [0.1, 0.15) is 0 Å². The van der Waals surface area contributed by atoms with Crippen molar-refractivity contribution in [2.24, 2.45) is 5.73 Å². The molecule has 16 heavy (non-hydrogen) atoms. The van der Waals surface area contributed by atoms with Crippen LogP contribution in [0, 0.1) is 0 Å². The molecular formula is C10H12Cl2N2O2. The molecule has 4 nitrogen and oxygen atoms in total. The Balaban J connectivity index is 2.69. The van der Waals surface area contributed by atoms with E-state index < -0.39 is 6.09 Å². The summed E-state index contributed by atoms with van der Waals surface area (Å²) in [5.41, 5.74) is 5.32. The van der Waals surface area contributed by atoms with E-state index in [0.717, 1.165) is 0 Å². The first-order chi connectivity index (χ1) is 7.52. The highest BCUT2D eigenvalue weighted by Gasteiger charge is 2.10. The molecule has 0 spiro atoms. The van der Waals surface area contributed by atoms with Crippen molar-refractivity contribution in [3.8, 4) is 5.75 Å². The number of likely N-dealkylation sites (N-methyl/N-ethyl adjacent to an activating group) is 1. The second-order valence-electron chi connectivity index (χ2n) is 3.18. The molecule has 0 atom stereocenters. The Labute approximate surface area is 104 Å². The summed E-state index contributed by atoms with van der Waals surface area (Å²) in [6.45, 7) is 0.801. The van der Waals surface area contributed by atoms with Crippen LogP contribution in [-0.4, -0.2) is 31.1 Å². The Morgan fingerprint density at radius 1 is 1.38 bits per heavy atom. The van der Waals surface area contributed by atoms with Gasteiger partial charge in [0.1, 0.15) is 5.75 Å². The van der Waals surface area contributed by atoms with Gasteiger partial charge in [-0.1, -0.05) is 23.2 Å². The van der Waals surface area contributed by atoms with Gasteiger partial charge in [-0.05, 0) is 18.2 Å². The van der Waals surface area contributed by atoms with Crippen LogP contribution in [0.2, 0.25) is 10.0 Å². The fraction of sp³-hybridized carbons (Fsp3) is 0.300. The summed E-state index contributed by atoms with van der Waals surface area (Å²) in [6.07, 6.45) is -0.496. The fourth-order valence-corrected chi connectivity index (χ4v) is 1.56. The van der Waals surface area contributed by atoms with E-state index in [1.54, 1.807) is 13.1 Å². The van der Waals surface area contributed by atoms with Crippen LogP contribution in [-0.2, 0) is 0 Å². The highest BCUT2D eigenvalue weighted by molar-refractivity contribution is 6.34. The van der Waals surface area contributed by atoms with Gasteiger partial charge >= 0.3 is 6.09 Å². The maximum Gasteiger partial charge on any atom is 0.415 e. The topological polar surface area (TPSA) is 55.6 Å². The van der Waals surface area contributed by atoms with E-state index in [1.165, 1.54) is 17.0 Å². The Morgan fingerprint density at radius 2 is 1.94 bits per heavy atom. The van der Waals surface area contributed by atoms with Crippen molar-refractivity contribution in [1.29, 1.82) is 0 Å². The van der Waals surface area contributed by atoms with Crippen LogP contribution in [0.5, 0.6) is 5.75 Å². The molecule has 1 aromatic carbocycles. The van der Waals surface area contributed by atoms with E-state index in [0.29, 0.717) is 28.9 Å². The number of carbonyl (C=O) groups is 1. The largest absolute Gasteiger partial charge is 0.415 e. The number of halogens is 2. The molecule has 0 bridgehead atoms. The van der Waals surface area contributed by atoms with Crippen molar-refractivity contribution < 1.29 is 9.53 Å². The normalized spacial score (nSPS) is 10.0. The second-order valence-corrected chi connectivity index (χ2v) is 4.06. The molecule has 2 N–H and O–H groups in total. The average molecular weight is 263 g/mol. The summed E-state index contributed by atoms with van der Waals surface area (Å²) in [5, 5.41) is 0.827. The fourth-order valence-electron chi connectivity index (χ4n) is 1.05. The molecule has 0 aliphatic rings. The Morgan fingerprint density at radius 3 is 2.44 bits per heavy atom. The molecule has 0 aliphatic heterocycles. The maximum absolute atomic E-state index is 11.5.